The largest absolute Gasteiger partial charge is 0.481 e. The molecular weight excluding hydrogens is 286 g/mol. The number of rotatable bonds is 5. The Morgan fingerprint density at radius 1 is 1.29 bits per heavy atom. The molecule has 1 saturated heterocycles. The Bertz CT molecular complexity index is 474. The van der Waals surface area contributed by atoms with Gasteiger partial charge in [0.25, 0.3) is 0 Å². The molecule has 2 heterocycles. The molecule has 21 heavy (non-hydrogen) atoms. The van der Waals surface area contributed by atoms with Crippen LogP contribution in [-0.4, -0.2) is 58.6 Å². The number of piperazine rings is 1. The molecule has 0 spiro atoms. The lowest BCUT2D eigenvalue weighted by Crippen LogP contribution is -2.46. The van der Waals surface area contributed by atoms with Crippen molar-refractivity contribution in [3.05, 3.63) is 16.1 Å². The van der Waals surface area contributed by atoms with Gasteiger partial charge in [-0.2, -0.15) is 0 Å². The van der Waals surface area contributed by atoms with Crippen molar-refractivity contribution in [3.8, 4) is 0 Å². The molecule has 1 aromatic heterocycles. The van der Waals surface area contributed by atoms with Crippen LogP contribution in [0.5, 0.6) is 0 Å². The van der Waals surface area contributed by atoms with Crippen LogP contribution in [0.15, 0.2) is 5.38 Å². The van der Waals surface area contributed by atoms with Gasteiger partial charge in [0.15, 0.2) is 0 Å². The van der Waals surface area contributed by atoms with Crippen LogP contribution in [0, 0.1) is 0 Å². The number of thiazole rings is 1. The van der Waals surface area contributed by atoms with Gasteiger partial charge in [-0.1, -0.05) is 20.8 Å². The van der Waals surface area contributed by atoms with Crippen molar-refractivity contribution in [1.82, 2.24) is 14.8 Å². The van der Waals surface area contributed by atoms with Crippen LogP contribution < -0.4 is 0 Å². The van der Waals surface area contributed by atoms with Gasteiger partial charge in [0.1, 0.15) is 5.01 Å². The molecule has 1 aliphatic rings. The number of carboxylic acids is 1. The highest BCUT2D eigenvalue weighted by Gasteiger charge is 2.21. The second-order valence-corrected chi connectivity index (χ2v) is 7.58. The number of aromatic nitrogens is 1. The number of carbonyl (C=O) groups is 1. The van der Waals surface area contributed by atoms with Crippen LogP contribution in [0.1, 0.15) is 37.9 Å². The topological polar surface area (TPSA) is 56.7 Å². The predicted octanol–water partition coefficient (Wildman–Crippen LogP) is 2.03. The Balaban J connectivity index is 1.78. The predicted molar refractivity (Wildman–Crippen MR) is 84.8 cm³/mol. The zero-order valence-corrected chi connectivity index (χ0v) is 13.9. The van der Waals surface area contributed by atoms with Crippen LogP contribution in [0.2, 0.25) is 0 Å². The first-order chi connectivity index (χ1) is 9.84. The Morgan fingerprint density at radius 2 is 1.90 bits per heavy atom. The van der Waals surface area contributed by atoms with Crippen molar-refractivity contribution in [1.29, 1.82) is 0 Å². The van der Waals surface area contributed by atoms with Crippen molar-refractivity contribution >= 4 is 17.3 Å². The monoisotopic (exact) mass is 311 g/mol. The maximum absolute atomic E-state index is 10.6. The Labute approximate surface area is 130 Å². The first-order valence-corrected chi connectivity index (χ1v) is 8.34. The second kappa shape index (κ2) is 6.85. The van der Waals surface area contributed by atoms with Crippen molar-refractivity contribution < 1.29 is 9.90 Å². The fraction of sp³-hybridized carbons (Fsp3) is 0.733. The molecule has 0 unspecified atom stereocenters. The normalized spacial score (nSPS) is 18.0. The summed E-state index contributed by atoms with van der Waals surface area (Å²) in [5.74, 6) is -0.713. The minimum atomic E-state index is -0.713. The van der Waals surface area contributed by atoms with Gasteiger partial charge in [-0.3, -0.25) is 9.69 Å². The van der Waals surface area contributed by atoms with E-state index >= 15 is 0 Å². The third-order valence-corrected chi connectivity index (χ3v) is 4.62. The van der Waals surface area contributed by atoms with Gasteiger partial charge in [-0.05, 0) is 0 Å². The standard InChI is InChI=1S/C15H25N3O2S/c1-15(2,3)12-11-21-13(16-12)10-18-8-6-17(7-9-18)5-4-14(19)20/h11H,4-10H2,1-3H3,(H,19,20). The highest BCUT2D eigenvalue weighted by molar-refractivity contribution is 7.09. The van der Waals surface area contributed by atoms with Gasteiger partial charge in [0, 0.05) is 43.5 Å². The number of hydrogen-bond acceptors (Lipinski definition) is 5. The van der Waals surface area contributed by atoms with Crippen LogP contribution in [-0.2, 0) is 16.8 Å². The molecule has 6 heteroatoms. The SMILES string of the molecule is CC(C)(C)c1csc(CN2CCN(CCC(=O)O)CC2)n1. The van der Waals surface area contributed by atoms with Gasteiger partial charge < -0.3 is 10.0 Å². The molecule has 0 aliphatic carbocycles. The Morgan fingerprint density at radius 3 is 2.43 bits per heavy atom. The van der Waals surface area contributed by atoms with Gasteiger partial charge in [0.05, 0.1) is 18.7 Å². The average Bonchev–Trinajstić information content (AvgIpc) is 2.86. The number of hydrogen-bond donors (Lipinski definition) is 1. The molecule has 0 saturated carbocycles. The first kappa shape index (κ1) is 16.4. The summed E-state index contributed by atoms with van der Waals surface area (Å²) >= 11 is 1.74. The lowest BCUT2D eigenvalue weighted by Gasteiger charge is -2.33. The van der Waals surface area contributed by atoms with E-state index in [4.69, 9.17) is 10.1 Å². The summed E-state index contributed by atoms with van der Waals surface area (Å²) in [6.45, 7) is 12.0. The maximum Gasteiger partial charge on any atom is 0.304 e. The van der Waals surface area contributed by atoms with E-state index in [1.54, 1.807) is 11.3 Å². The molecule has 118 valence electrons. The molecule has 0 radical (unpaired) electrons. The fourth-order valence-electron chi connectivity index (χ4n) is 2.34. The highest BCUT2D eigenvalue weighted by Crippen LogP contribution is 2.24. The summed E-state index contributed by atoms with van der Waals surface area (Å²) in [5, 5.41) is 12.1. The summed E-state index contributed by atoms with van der Waals surface area (Å²) in [6.07, 6.45) is 0.238. The van der Waals surface area contributed by atoms with Gasteiger partial charge in [0.2, 0.25) is 0 Å². The second-order valence-electron chi connectivity index (χ2n) is 6.64. The Kier molecular flexibility index (Phi) is 5.35. The minimum Gasteiger partial charge on any atom is -0.481 e. The molecule has 1 N–H and O–H groups in total. The van der Waals surface area contributed by atoms with E-state index in [-0.39, 0.29) is 11.8 Å². The summed E-state index contributed by atoms with van der Waals surface area (Å²) in [6, 6.07) is 0. The third kappa shape index (κ3) is 5.05. The van der Waals surface area contributed by atoms with Gasteiger partial charge in [-0.15, -0.1) is 11.3 Å². The zero-order valence-electron chi connectivity index (χ0n) is 13.1. The summed E-state index contributed by atoms with van der Waals surface area (Å²) < 4.78 is 0. The van der Waals surface area contributed by atoms with E-state index in [9.17, 15) is 4.79 Å². The van der Waals surface area contributed by atoms with Crippen LogP contribution in [0.3, 0.4) is 0 Å². The smallest absolute Gasteiger partial charge is 0.304 e. The van der Waals surface area contributed by atoms with Gasteiger partial charge >= 0.3 is 5.97 Å². The first-order valence-electron chi connectivity index (χ1n) is 7.46. The molecule has 5 nitrogen and oxygen atoms in total. The van der Waals surface area contributed by atoms with E-state index in [1.165, 1.54) is 10.7 Å². The molecule has 0 atom stereocenters. The number of aliphatic carboxylic acids is 1. The van der Waals surface area contributed by atoms with E-state index in [0.29, 0.717) is 6.54 Å². The number of carboxylic acid groups (broad SMARTS) is 1. The molecule has 0 aromatic carbocycles. The molecule has 2 rings (SSSR count). The molecule has 0 bridgehead atoms. The minimum absolute atomic E-state index is 0.115. The van der Waals surface area contributed by atoms with Crippen molar-refractivity contribution in [2.24, 2.45) is 0 Å². The van der Waals surface area contributed by atoms with Crippen LogP contribution in [0.25, 0.3) is 0 Å². The maximum atomic E-state index is 10.6. The highest BCUT2D eigenvalue weighted by atomic mass is 32.1. The molecule has 1 fully saturated rings. The molecule has 0 amide bonds. The molecule has 1 aromatic rings. The van der Waals surface area contributed by atoms with Crippen molar-refractivity contribution in [2.75, 3.05) is 32.7 Å². The van der Waals surface area contributed by atoms with Crippen molar-refractivity contribution in [3.63, 3.8) is 0 Å². The van der Waals surface area contributed by atoms with E-state index < -0.39 is 5.97 Å². The van der Waals surface area contributed by atoms with Crippen LogP contribution >= 0.6 is 11.3 Å². The molecular formula is C15H25N3O2S. The summed E-state index contributed by atoms with van der Waals surface area (Å²) in [4.78, 5) is 20.0. The molecule has 1 aliphatic heterocycles. The van der Waals surface area contributed by atoms with E-state index in [1.807, 2.05) is 0 Å². The lowest BCUT2D eigenvalue weighted by molar-refractivity contribution is -0.137. The third-order valence-electron chi connectivity index (χ3n) is 3.79. The lowest BCUT2D eigenvalue weighted by atomic mass is 9.93. The van der Waals surface area contributed by atoms with E-state index in [0.717, 1.165) is 32.7 Å². The summed E-state index contributed by atoms with van der Waals surface area (Å²) in [7, 11) is 0. The average molecular weight is 311 g/mol. The summed E-state index contributed by atoms with van der Waals surface area (Å²) in [5.41, 5.74) is 1.28. The van der Waals surface area contributed by atoms with Crippen LogP contribution in [0.4, 0.5) is 0 Å². The fourth-order valence-corrected chi connectivity index (χ4v) is 3.41. The van der Waals surface area contributed by atoms with Gasteiger partial charge in [-0.25, -0.2) is 4.98 Å². The van der Waals surface area contributed by atoms with E-state index in [2.05, 4.69) is 36.0 Å². The number of nitrogens with zero attached hydrogens (tertiary/aromatic N) is 3. The van der Waals surface area contributed by atoms with Crippen molar-refractivity contribution in [2.45, 2.75) is 39.2 Å². The Hall–Kier alpha value is -0.980. The zero-order chi connectivity index (χ0) is 15.5. The quantitative estimate of drug-likeness (QED) is 0.902.